The normalized spacial score (nSPS) is 22.6. The molecule has 28 heavy (non-hydrogen) atoms. The minimum Gasteiger partial charge on any atom is -0.503 e. The highest BCUT2D eigenvalue weighted by molar-refractivity contribution is 6.16. The molecule has 1 saturated heterocycles. The number of carbonyl (C=O) groups excluding carboxylic acids is 2. The topological polar surface area (TPSA) is 95.5 Å². The molecule has 1 aromatic heterocycles. The lowest BCUT2D eigenvalue weighted by Crippen LogP contribution is -2.42. The van der Waals surface area contributed by atoms with E-state index in [0.29, 0.717) is 25.3 Å². The first-order chi connectivity index (χ1) is 13.6. The molecule has 2 aromatic rings. The summed E-state index contributed by atoms with van der Waals surface area (Å²) in [4.78, 5) is 34.7. The predicted molar refractivity (Wildman–Crippen MR) is 105 cm³/mol. The molecular weight excluding hydrogens is 358 g/mol. The van der Waals surface area contributed by atoms with Crippen molar-refractivity contribution in [1.82, 2.24) is 9.97 Å². The molecule has 1 fully saturated rings. The monoisotopic (exact) mass is 383 g/mol. The summed E-state index contributed by atoms with van der Waals surface area (Å²) in [5, 5.41) is 10.6. The number of nitrogens with one attached hydrogen (secondary N) is 1. The number of nitrogens with zero attached hydrogens (tertiary/aromatic N) is 2. The molecule has 4 rings (SSSR count). The number of H-pyrrole nitrogens is 1. The Kier molecular flexibility index (Phi) is 5.17. The van der Waals surface area contributed by atoms with Crippen molar-refractivity contribution in [3.05, 3.63) is 35.9 Å². The first-order valence-electron chi connectivity index (χ1n) is 9.92. The second-order valence-electron chi connectivity index (χ2n) is 7.49. The summed E-state index contributed by atoms with van der Waals surface area (Å²) < 4.78 is 5.54. The van der Waals surface area contributed by atoms with Gasteiger partial charge in [0.2, 0.25) is 0 Å². The molecule has 148 valence electrons. The van der Waals surface area contributed by atoms with Crippen LogP contribution in [0.1, 0.15) is 39.0 Å². The fourth-order valence-electron chi connectivity index (χ4n) is 4.19. The van der Waals surface area contributed by atoms with Gasteiger partial charge in [-0.05, 0) is 31.0 Å². The lowest BCUT2D eigenvalue weighted by molar-refractivity contribution is -0.118. The molecule has 1 amide bonds. The van der Waals surface area contributed by atoms with Gasteiger partial charge in [-0.3, -0.25) is 14.5 Å². The smallest absolute Gasteiger partial charge is 0.294 e. The maximum Gasteiger partial charge on any atom is 0.294 e. The number of hydrogen-bond donors (Lipinski definition) is 2. The van der Waals surface area contributed by atoms with Crippen molar-refractivity contribution < 1.29 is 19.4 Å². The average molecular weight is 383 g/mol. The van der Waals surface area contributed by atoms with Gasteiger partial charge in [0.1, 0.15) is 0 Å². The van der Waals surface area contributed by atoms with Crippen LogP contribution in [-0.2, 0) is 14.3 Å². The van der Waals surface area contributed by atoms with Gasteiger partial charge in [0.05, 0.1) is 35.6 Å². The van der Waals surface area contributed by atoms with Crippen LogP contribution in [0.3, 0.4) is 0 Å². The first kappa shape index (κ1) is 18.7. The van der Waals surface area contributed by atoms with E-state index in [-0.39, 0.29) is 17.3 Å². The van der Waals surface area contributed by atoms with Gasteiger partial charge >= 0.3 is 0 Å². The Morgan fingerprint density at radius 3 is 3.00 bits per heavy atom. The van der Waals surface area contributed by atoms with E-state index in [0.717, 1.165) is 36.7 Å². The van der Waals surface area contributed by atoms with Gasteiger partial charge in [-0.25, -0.2) is 4.98 Å². The average Bonchev–Trinajstić information content (AvgIpc) is 3.42. The SMILES string of the molecule is CCCCCC(=O)C1=C(O)C(=O)N(c2ccc3nc[nH]c3c2)C1C1CCOC1. The number of benzene rings is 1. The van der Waals surface area contributed by atoms with Crippen molar-refractivity contribution in [3.63, 3.8) is 0 Å². The van der Waals surface area contributed by atoms with Crippen LogP contribution in [0.15, 0.2) is 35.9 Å². The summed E-state index contributed by atoms with van der Waals surface area (Å²) in [7, 11) is 0. The van der Waals surface area contributed by atoms with Gasteiger partial charge in [-0.1, -0.05) is 19.8 Å². The maximum absolute atomic E-state index is 13.0. The molecule has 7 heteroatoms. The number of ether oxygens (including phenoxy) is 1. The summed E-state index contributed by atoms with van der Waals surface area (Å²) in [6.07, 6.45) is 5.41. The zero-order chi connectivity index (χ0) is 19.7. The highest BCUT2D eigenvalue weighted by Crippen LogP contribution is 2.38. The third-order valence-corrected chi connectivity index (χ3v) is 5.65. The number of aromatic nitrogens is 2. The predicted octanol–water partition coefficient (Wildman–Crippen LogP) is 3.28. The van der Waals surface area contributed by atoms with Crippen molar-refractivity contribution >= 4 is 28.4 Å². The number of fused-ring (bicyclic) bond motifs is 1. The molecule has 2 atom stereocenters. The molecule has 7 nitrogen and oxygen atoms in total. The van der Waals surface area contributed by atoms with Crippen LogP contribution in [0.5, 0.6) is 0 Å². The van der Waals surface area contributed by atoms with Crippen LogP contribution in [0.4, 0.5) is 5.69 Å². The van der Waals surface area contributed by atoms with E-state index in [9.17, 15) is 14.7 Å². The Hall–Kier alpha value is -2.67. The highest BCUT2D eigenvalue weighted by Gasteiger charge is 2.47. The minimum absolute atomic E-state index is 0.0174. The van der Waals surface area contributed by atoms with Crippen molar-refractivity contribution in [1.29, 1.82) is 0 Å². The number of carbonyl (C=O) groups is 2. The molecule has 2 unspecified atom stereocenters. The highest BCUT2D eigenvalue weighted by atomic mass is 16.5. The number of hydrogen-bond acceptors (Lipinski definition) is 5. The Labute approximate surface area is 163 Å². The molecule has 0 aliphatic carbocycles. The lowest BCUT2D eigenvalue weighted by atomic mass is 9.88. The molecule has 2 N–H and O–H groups in total. The fraction of sp³-hybridized carbons (Fsp3) is 0.476. The molecule has 0 saturated carbocycles. The van der Waals surface area contributed by atoms with Gasteiger partial charge in [0, 0.05) is 24.6 Å². The second-order valence-corrected chi connectivity index (χ2v) is 7.49. The quantitative estimate of drug-likeness (QED) is 0.716. The van der Waals surface area contributed by atoms with E-state index in [4.69, 9.17) is 4.74 Å². The van der Waals surface area contributed by atoms with Crippen LogP contribution >= 0.6 is 0 Å². The number of Topliss-reactive ketones (excluding diaryl/α,β-unsaturated/α-hetero) is 1. The Bertz CT molecular complexity index is 927. The number of aliphatic hydroxyl groups is 1. The standard InChI is InChI=1S/C21H25N3O4/c1-2-3-4-5-17(25)18-19(13-8-9-28-11-13)24(21(27)20(18)26)14-6-7-15-16(10-14)23-12-22-15/h6-7,10,12-13,19,26H,2-5,8-9,11H2,1H3,(H,22,23). The van der Waals surface area contributed by atoms with Gasteiger partial charge in [0.25, 0.3) is 5.91 Å². The molecule has 1 aromatic carbocycles. The summed E-state index contributed by atoms with van der Waals surface area (Å²) >= 11 is 0. The Morgan fingerprint density at radius 2 is 2.25 bits per heavy atom. The van der Waals surface area contributed by atoms with Gasteiger partial charge in [-0.15, -0.1) is 0 Å². The number of aromatic amines is 1. The molecule has 2 aliphatic heterocycles. The van der Waals surface area contributed by atoms with Crippen molar-refractivity contribution in [2.45, 2.75) is 45.1 Å². The third-order valence-electron chi connectivity index (χ3n) is 5.65. The van der Waals surface area contributed by atoms with E-state index in [2.05, 4.69) is 16.9 Å². The summed E-state index contributed by atoms with van der Waals surface area (Å²) in [6.45, 7) is 3.15. The number of rotatable bonds is 7. The number of aliphatic hydroxyl groups excluding tert-OH is 1. The summed E-state index contributed by atoms with van der Waals surface area (Å²) in [5.41, 5.74) is 2.49. The summed E-state index contributed by atoms with van der Waals surface area (Å²) in [6, 6.07) is 4.97. The zero-order valence-electron chi connectivity index (χ0n) is 16.0. The van der Waals surface area contributed by atoms with E-state index in [1.165, 1.54) is 0 Å². The lowest BCUT2D eigenvalue weighted by Gasteiger charge is -2.30. The molecule has 0 bridgehead atoms. The number of anilines is 1. The number of unbranched alkanes of at least 4 members (excludes halogenated alkanes) is 2. The molecule has 3 heterocycles. The van der Waals surface area contributed by atoms with Crippen LogP contribution in [0.25, 0.3) is 11.0 Å². The van der Waals surface area contributed by atoms with E-state index in [1.807, 2.05) is 18.2 Å². The van der Waals surface area contributed by atoms with Crippen LogP contribution < -0.4 is 4.90 Å². The summed E-state index contributed by atoms with van der Waals surface area (Å²) in [5.74, 6) is -1.09. The fourth-order valence-corrected chi connectivity index (χ4v) is 4.19. The number of amides is 1. The molecular formula is C21H25N3O4. The van der Waals surface area contributed by atoms with Crippen molar-refractivity contribution in [2.75, 3.05) is 18.1 Å². The van der Waals surface area contributed by atoms with E-state index in [1.54, 1.807) is 11.2 Å². The second kappa shape index (κ2) is 7.75. The zero-order valence-corrected chi connectivity index (χ0v) is 16.0. The molecule has 0 radical (unpaired) electrons. The number of imidazole rings is 1. The molecule has 2 aliphatic rings. The number of ketones is 1. The van der Waals surface area contributed by atoms with Crippen LogP contribution in [0.2, 0.25) is 0 Å². The van der Waals surface area contributed by atoms with Gasteiger partial charge < -0.3 is 14.8 Å². The first-order valence-corrected chi connectivity index (χ1v) is 9.92. The third kappa shape index (κ3) is 3.20. The van der Waals surface area contributed by atoms with Gasteiger partial charge in [-0.2, -0.15) is 0 Å². The van der Waals surface area contributed by atoms with Crippen LogP contribution in [0, 0.1) is 5.92 Å². The largest absolute Gasteiger partial charge is 0.503 e. The van der Waals surface area contributed by atoms with E-state index >= 15 is 0 Å². The van der Waals surface area contributed by atoms with Crippen LogP contribution in [-0.4, -0.2) is 46.0 Å². The molecule has 0 spiro atoms. The Morgan fingerprint density at radius 1 is 1.39 bits per heavy atom. The maximum atomic E-state index is 13.0. The van der Waals surface area contributed by atoms with Gasteiger partial charge in [0.15, 0.2) is 11.5 Å². The van der Waals surface area contributed by atoms with Crippen molar-refractivity contribution in [3.8, 4) is 0 Å². The Balaban J connectivity index is 1.71. The minimum atomic E-state index is -0.519. The van der Waals surface area contributed by atoms with Crippen molar-refractivity contribution in [2.24, 2.45) is 5.92 Å². The van der Waals surface area contributed by atoms with E-state index < -0.39 is 17.7 Å².